The van der Waals surface area contributed by atoms with E-state index in [2.05, 4.69) is 33.5 Å². The molecule has 2 rings (SSSR count). The van der Waals surface area contributed by atoms with Crippen LogP contribution in [0, 0.1) is 11.8 Å². The van der Waals surface area contributed by atoms with E-state index in [0.717, 1.165) is 28.5 Å². The predicted molar refractivity (Wildman–Crippen MR) is 86.8 cm³/mol. The maximum Gasteiger partial charge on any atom is 0.238 e. The monoisotopic (exact) mass is 338 g/mol. The van der Waals surface area contributed by atoms with Crippen molar-refractivity contribution >= 4 is 27.5 Å². The summed E-state index contributed by atoms with van der Waals surface area (Å²) >= 11 is 3.38. The molecule has 110 valence electrons. The first-order valence-corrected chi connectivity index (χ1v) is 8.19. The lowest BCUT2D eigenvalue weighted by Gasteiger charge is -2.26. The summed E-state index contributed by atoms with van der Waals surface area (Å²) in [5.41, 5.74) is 0.839. The summed E-state index contributed by atoms with van der Waals surface area (Å²) < 4.78 is 1.01. The first-order valence-electron chi connectivity index (χ1n) is 7.39. The first kappa shape index (κ1) is 15.5. The van der Waals surface area contributed by atoms with E-state index in [4.69, 9.17) is 0 Å². The molecule has 0 radical (unpaired) electrons. The maximum absolute atomic E-state index is 11.8. The summed E-state index contributed by atoms with van der Waals surface area (Å²) in [6.07, 6.45) is 5.28. The van der Waals surface area contributed by atoms with Crippen molar-refractivity contribution in [2.45, 2.75) is 32.6 Å². The topological polar surface area (TPSA) is 41.1 Å². The van der Waals surface area contributed by atoms with Gasteiger partial charge in [0.05, 0.1) is 6.54 Å². The van der Waals surface area contributed by atoms with E-state index in [1.54, 1.807) is 0 Å². The van der Waals surface area contributed by atoms with Gasteiger partial charge in [0.1, 0.15) is 0 Å². The molecule has 3 nitrogen and oxygen atoms in total. The Kier molecular flexibility index (Phi) is 6.05. The Morgan fingerprint density at radius 1 is 1.30 bits per heavy atom. The molecule has 0 spiro atoms. The van der Waals surface area contributed by atoms with Gasteiger partial charge in [0.25, 0.3) is 0 Å². The van der Waals surface area contributed by atoms with Crippen LogP contribution in [0.3, 0.4) is 0 Å². The highest BCUT2D eigenvalue weighted by Gasteiger charge is 2.18. The molecule has 0 aromatic heterocycles. The van der Waals surface area contributed by atoms with Gasteiger partial charge in [0, 0.05) is 10.2 Å². The maximum atomic E-state index is 11.8. The lowest BCUT2D eigenvalue weighted by Crippen LogP contribution is -2.33. The van der Waals surface area contributed by atoms with Crippen LogP contribution in [0.2, 0.25) is 0 Å². The SMILES string of the molecule is CC1CCCC(CNCC(=O)Nc2ccc(Br)cc2)C1. The van der Waals surface area contributed by atoms with Gasteiger partial charge in [-0.15, -0.1) is 0 Å². The normalized spacial score (nSPS) is 22.5. The zero-order valence-electron chi connectivity index (χ0n) is 12.0. The van der Waals surface area contributed by atoms with E-state index in [0.29, 0.717) is 6.54 Å². The van der Waals surface area contributed by atoms with Gasteiger partial charge in [-0.2, -0.15) is 0 Å². The summed E-state index contributed by atoms with van der Waals surface area (Å²) in [6, 6.07) is 7.63. The molecule has 4 heteroatoms. The van der Waals surface area contributed by atoms with E-state index in [1.165, 1.54) is 25.7 Å². The van der Waals surface area contributed by atoms with Gasteiger partial charge in [0.15, 0.2) is 0 Å². The molecule has 1 saturated carbocycles. The Balaban J connectivity index is 1.66. The standard InChI is InChI=1S/C16H23BrN2O/c1-12-3-2-4-13(9-12)10-18-11-16(20)19-15-7-5-14(17)6-8-15/h5-8,12-13,18H,2-4,9-11H2,1H3,(H,19,20). The second kappa shape index (κ2) is 7.79. The van der Waals surface area contributed by atoms with E-state index in [9.17, 15) is 4.79 Å². The highest BCUT2D eigenvalue weighted by atomic mass is 79.9. The van der Waals surface area contributed by atoms with Gasteiger partial charge < -0.3 is 10.6 Å². The van der Waals surface area contributed by atoms with Gasteiger partial charge in [-0.25, -0.2) is 0 Å². The first-order chi connectivity index (χ1) is 9.63. The third kappa shape index (κ3) is 5.25. The Hall–Kier alpha value is -0.870. The smallest absolute Gasteiger partial charge is 0.238 e. The molecule has 1 amide bonds. The summed E-state index contributed by atoms with van der Waals surface area (Å²) in [4.78, 5) is 11.8. The molecule has 0 aliphatic heterocycles. The summed E-state index contributed by atoms with van der Waals surface area (Å²) in [5.74, 6) is 1.60. The number of halogens is 1. The minimum absolute atomic E-state index is 0.0242. The summed E-state index contributed by atoms with van der Waals surface area (Å²) in [5, 5.41) is 6.18. The van der Waals surface area contributed by atoms with Crippen molar-refractivity contribution in [2.75, 3.05) is 18.4 Å². The lowest BCUT2D eigenvalue weighted by atomic mass is 9.82. The molecule has 2 unspecified atom stereocenters. The van der Waals surface area contributed by atoms with Gasteiger partial charge >= 0.3 is 0 Å². The van der Waals surface area contributed by atoms with Crippen molar-refractivity contribution in [3.8, 4) is 0 Å². The third-order valence-corrected chi connectivity index (χ3v) is 4.42. The quantitative estimate of drug-likeness (QED) is 0.857. The van der Waals surface area contributed by atoms with Crippen LogP contribution in [0.4, 0.5) is 5.69 Å². The molecule has 0 saturated heterocycles. The second-order valence-corrected chi connectivity index (χ2v) is 6.74. The molecule has 1 aromatic rings. The fraction of sp³-hybridized carbons (Fsp3) is 0.562. The van der Waals surface area contributed by atoms with Crippen molar-refractivity contribution in [3.05, 3.63) is 28.7 Å². The second-order valence-electron chi connectivity index (χ2n) is 5.82. The minimum atomic E-state index is 0.0242. The van der Waals surface area contributed by atoms with Gasteiger partial charge in [-0.05, 0) is 55.5 Å². The minimum Gasteiger partial charge on any atom is -0.325 e. The highest BCUT2D eigenvalue weighted by Crippen LogP contribution is 2.27. The molecular formula is C16H23BrN2O. The van der Waals surface area contributed by atoms with Crippen LogP contribution < -0.4 is 10.6 Å². The van der Waals surface area contributed by atoms with Crippen LogP contribution in [0.25, 0.3) is 0 Å². The predicted octanol–water partition coefficient (Wildman–Crippen LogP) is 3.80. The molecule has 0 bridgehead atoms. The molecule has 20 heavy (non-hydrogen) atoms. The molecule has 1 aromatic carbocycles. The number of benzene rings is 1. The van der Waals surface area contributed by atoms with Crippen molar-refractivity contribution in [2.24, 2.45) is 11.8 Å². The number of carbonyl (C=O) groups is 1. The Morgan fingerprint density at radius 2 is 2.05 bits per heavy atom. The van der Waals surface area contributed by atoms with E-state index < -0.39 is 0 Å². The number of hydrogen-bond donors (Lipinski definition) is 2. The summed E-state index contributed by atoms with van der Waals surface area (Å²) in [6.45, 7) is 3.67. The zero-order valence-corrected chi connectivity index (χ0v) is 13.6. The molecule has 1 aliphatic rings. The van der Waals surface area contributed by atoms with Crippen molar-refractivity contribution in [1.82, 2.24) is 5.32 Å². The Morgan fingerprint density at radius 3 is 2.75 bits per heavy atom. The van der Waals surface area contributed by atoms with E-state index >= 15 is 0 Å². The largest absolute Gasteiger partial charge is 0.325 e. The number of nitrogens with one attached hydrogen (secondary N) is 2. The molecule has 1 aliphatic carbocycles. The Bertz CT molecular complexity index is 433. The van der Waals surface area contributed by atoms with Crippen molar-refractivity contribution in [1.29, 1.82) is 0 Å². The van der Waals surface area contributed by atoms with Gasteiger partial charge in [-0.3, -0.25) is 4.79 Å². The number of hydrogen-bond acceptors (Lipinski definition) is 2. The number of carbonyl (C=O) groups excluding carboxylic acids is 1. The van der Waals surface area contributed by atoms with Crippen molar-refractivity contribution < 1.29 is 4.79 Å². The van der Waals surface area contributed by atoms with Crippen molar-refractivity contribution in [3.63, 3.8) is 0 Å². The summed E-state index contributed by atoms with van der Waals surface area (Å²) in [7, 11) is 0. The number of rotatable bonds is 5. The van der Waals surface area contributed by atoms with Crippen LogP contribution in [0.5, 0.6) is 0 Å². The van der Waals surface area contributed by atoms with Gasteiger partial charge in [0.2, 0.25) is 5.91 Å². The van der Waals surface area contributed by atoms with Crippen LogP contribution in [-0.2, 0) is 4.79 Å². The molecular weight excluding hydrogens is 316 g/mol. The molecule has 2 N–H and O–H groups in total. The molecule has 2 atom stereocenters. The third-order valence-electron chi connectivity index (χ3n) is 3.89. The molecule has 1 fully saturated rings. The van der Waals surface area contributed by atoms with Crippen LogP contribution >= 0.6 is 15.9 Å². The average Bonchev–Trinajstić information content (AvgIpc) is 2.41. The zero-order chi connectivity index (χ0) is 14.4. The van der Waals surface area contributed by atoms with E-state index in [1.807, 2.05) is 24.3 Å². The lowest BCUT2D eigenvalue weighted by molar-refractivity contribution is -0.115. The number of anilines is 1. The fourth-order valence-corrected chi connectivity index (χ4v) is 3.14. The van der Waals surface area contributed by atoms with E-state index in [-0.39, 0.29) is 5.91 Å². The van der Waals surface area contributed by atoms with Crippen LogP contribution in [0.15, 0.2) is 28.7 Å². The fourth-order valence-electron chi connectivity index (χ4n) is 2.87. The number of amides is 1. The average molecular weight is 339 g/mol. The highest BCUT2D eigenvalue weighted by molar-refractivity contribution is 9.10. The van der Waals surface area contributed by atoms with Crippen LogP contribution in [0.1, 0.15) is 32.6 Å². The van der Waals surface area contributed by atoms with Crippen LogP contribution in [-0.4, -0.2) is 19.0 Å². The van der Waals surface area contributed by atoms with Gasteiger partial charge in [-0.1, -0.05) is 35.7 Å². The molecule has 0 heterocycles. The Labute approximate surface area is 129 Å².